The van der Waals surface area contributed by atoms with Crippen molar-refractivity contribution >= 4 is 17.8 Å². The van der Waals surface area contributed by atoms with Gasteiger partial charge >= 0.3 is 0 Å². The standard InChI is InChI=1S/C18H28N6O2/c19-18(6-2-1-3-7-18)16(26)20-10-5-15(25)23-11-13-24(14-12-23)17-21-8-4-9-22-17/h4,8-9H,1-3,5-7,10-14,19H2,(H,20,26). The fourth-order valence-corrected chi connectivity index (χ4v) is 3.64. The average Bonchev–Trinajstić information content (AvgIpc) is 2.69. The Balaban J connectivity index is 1.38. The molecule has 1 aliphatic carbocycles. The first-order chi connectivity index (χ1) is 12.6. The molecule has 2 amide bonds. The number of nitrogens with one attached hydrogen (secondary N) is 1. The SMILES string of the molecule is NC1(C(=O)NCCC(=O)N2CCN(c3ncccn3)CC2)CCCCC1. The number of amides is 2. The summed E-state index contributed by atoms with van der Waals surface area (Å²) in [4.78, 5) is 37.1. The minimum absolute atomic E-state index is 0.0636. The molecular weight excluding hydrogens is 332 g/mol. The third-order valence-electron chi connectivity index (χ3n) is 5.29. The molecule has 0 spiro atoms. The van der Waals surface area contributed by atoms with Crippen LogP contribution < -0.4 is 16.0 Å². The molecule has 0 radical (unpaired) electrons. The summed E-state index contributed by atoms with van der Waals surface area (Å²) in [6, 6.07) is 1.79. The number of hydrogen-bond acceptors (Lipinski definition) is 6. The summed E-state index contributed by atoms with van der Waals surface area (Å²) in [5, 5.41) is 2.86. The first-order valence-electron chi connectivity index (χ1n) is 9.45. The van der Waals surface area contributed by atoms with Crippen LogP contribution >= 0.6 is 0 Å². The van der Waals surface area contributed by atoms with Gasteiger partial charge in [0.2, 0.25) is 17.8 Å². The quantitative estimate of drug-likeness (QED) is 0.782. The van der Waals surface area contributed by atoms with E-state index in [0.29, 0.717) is 45.1 Å². The molecule has 0 bridgehead atoms. The minimum Gasteiger partial charge on any atom is -0.354 e. The molecule has 0 atom stereocenters. The Labute approximate surface area is 154 Å². The van der Waals surface area contributed by atoms with Gasteiger partial charge in [-0.1, -0.05) is 19.3 Å². The van der Waals surface area contributed by atoms with E-state index in [9.17, 15) is 9.59 Å². The van der Waals surface area contributed by atoms with Crippen molar-refractivity contribution in [3.05, 3.63) is 18.5 Å². The summed E-state index contributed by atoms with van der Waals surface area (Å²) >= 11 is 0. The van der Waals surface area contributed by atoms with Gasteiger partial charge in [-0.25, -0.2) is 9.97 Å². The molecule has 1 aromatic rings. The molecule has 8 heteroatoms. The monoisotopic (exact) mass is 360 g/mol. The van der Waals surface area contributed by atoms with Crippen molar-refractivity contribution in [3.63, 3.8) is 0 Å². The molecule has 142 valence electrons. The second kappa shape index (κ2) is 8.44. The van der Waals surface area contributed by atoms with Crippen LogP contribution in [0.3, 0.4) is 0 Å². The van der Waals surface area contributed by atoms with E-state index in [4.69, 9.17) is 5.73 Å². The highest BCUT2D eigenvalue weighted by atomic mass is 16.2. The summed E-state index contributed by atoms with van der Waals surface area (Å²) in [6.07, 6.45) is 8.36. The lowest BCUT2D eigenvalue weighted by atomic mass is 9.82. The van der Waals surface area contributed by atoms with Gasteiger partial charge in [-0.2, -0.15) is 0 Å². The lowest BCUT2D eigenvalue weighted by Crippen LogP contribution is -2.55. The van der Waals surface area contributed by atoms with Crippen molar-refractivity contribution in [2.45, 2.75) is 44.1 Å². The zero-order valence-electron chi connectivity index (χ0n) is 15.2. The van der Waals surface area contributed by atoms with E-state index in [2.05, 4.69) is 20.2 Å². The Hall–Kier alpha value is -2.22. The van der Waals surface area contributed by atoms with E-state index in [1.807, 2.05) is 4.90 Å². The summed E-state index contributed by atoms with van der Waals surface area (Å²) in [7, 11) is 0. The van der Waals surface area contributed by atoms with Gasteiger partial charge in [0.15, 0.2) is 0 Å². The summed E-state index contributed by atoms with van der Waals surface area (Å²) in [6.45, 7) is 3.07. The van der Waals surface area contributed by atoms with Gasteiger partial charge in [0.25, 0.3) is 0 Å². The Morgan fingerprint density at radius 2 is 1.73 bits per heavy atom. The van der Waals surface area contributed by atoms with Crippen molar-refractivity contribution in [2.24, 2.45) is 5.73 Å². The molecule has 1 saturated heterocycles. The molecule has 0 aromatic carbocycles. The van der Waals surface area contributed by atoms with E-state index >= 15 is 0 Å². The topological polar surface area (TPSA) is 104 Å². The fraction of sp³-hybridized carbons (Fsp3) is 0.667. The van der Waals surface area contributed by atoms with E-state index in [-0.39, 0.29) is 11.8 Å². The highest BCUT2D eigenvalue weighted by Gasteiger charge is 2.35. The van der Waals surface area contributed by atoms with Crippen LogP contribution in [0.25, 0.3) is 0 Å². The molecule has 0 unspecified atom stereocenters. The normalized spacial score (nSPS) is 19.9. The van der Waals surface area contributed by atoms with E-state index < -0.39 is 5.54 Å². The zero-order valence-corrected chi connectivity index (χ0v) is 15.2. The van der Waals surface area contributed by atoms with E-state index in [1.165, 1.54) is 0 Å². The van der Waals surface area contributed by atoms with Crippen LogP contribution in [-0.4, -0.2) is 64.9 Å². The molecule has 2 heterocycles. The number of nitrogens with two attached hydrogens (primary N) is 1. The molecule has 2 aliphatic rings. The Morgan fingerprint density at radius 1 is 1.08 bits per heavy atom. The number of piperazine rings is 1. The van der Waals surface area contributed by atoms with Crippen molar-refractivity contribution in [2.75, 3.05) is 37.6 Å². The van der Waals surface area contributed by atoms with Crippen LogP contribution in [0.5, 0.6) is 0 Å². The molecule has 1 aromatic heterocycles. The molecule has 8 nitrogen and oxygen atoms in total. The molecule has 26 heavy (non-hydrogen) atoms. The number of aromatic nitrogens is 2. The molecule has 1 saturated carbocycles. The third-order valence-corrected chi connectivity index (χ3v) is 5.29. The number of carbonyl (C=O) groups excluding carboxylic acids is 2. The van der Waals surface area contributed by atoms with Gasteiger partial charge in [0, 0.05) is 51.5 Å². The number of hydrogen-bond donors (Lipinski definition) is 2. The van der Waals surface area contributed by atoms with Crippen LogP contribution in [0, 0.1) is 0 Å². The fourth-order valence-electron chi connectivity index (χ4n) is 3.64. The van der Waals surface area contributed by atoms with Gasteiger partial charge in [-0.05, 0) is 18.9 Å². The largest absolute Gasteiger partial charge is 0.354 e. The molecule has 2 fully saturated rings. The predicted octanol–water partition coefficient (Wildman–Crippen LogP) is 0.293. The maximum atomic E-state index is 12.4. The summed E-state index contributed by atoms with van der Waals surface area (Å²) in [5.74, 6) is 0.650. The van der Waals surface area contributed by atoms with Gasteiger partial charge < -0.3 is 20.9 Å². The lowest BCUT2D eigenvalue weighted by molar-refractivity contribution is -0.131. The van der Waals surface area contributed by atoms with Crippen LogP contribution in [-0.2, 0) is 9.59 Å². The Kier molecular flexibility index (Phi) is 6.03. The van der Waals surface area contributed by atoms with Crippen LogP contribution in [0.15, 0.2) is 18.5 Å². The van der Waals surface area contributed by atoms with Crippen molar-refractivity contribution in [1.82, 2.24) is 20.2 Å². The molecule has 3 rings (SSSR count). The van der Waals surface area contributed by atoms with Crippen molar-refractivity contribution in [1.29, 1.82) is 0 Å². The highest BCUT2D eigenvalue weighted by Crippen LogP contribution is 2.25. The smallest absolute Gasteiger partial charge is 0.240 e. The number of anilines is 1. The first kappa shape index (κ1) is 18.6. The molecular formula is C18H28N6O2. The Morgan fingerprint density at radius 3 is 2.38 bits per heavy atom. The molecule has 1 aliphatic heterocycles. The number of nitrogens with zero attached hydrogens (tertiary/aromatic N) is 4. The van der Waals surface area contributed by atoms with E-state index in [1.54, 1.807) is 18.5 Å². The second-order valence-electron chi connectivity index (χ2n) is 7.14. The van der Waals surface area contributed by atoms with Gasteiger partial charge in [-0.3, -0.25) is 9.59 Å². The maximum absolute atomic E-state index is 12.4. The summed E-state index contributed by atoms with van der Waals surface area (Å²) < 4.78 is 0. The second-order valence-corrected chi connectivity index (χ2v) is 7.14. The highest BCUT2D eigenvalue weighted by molar-refractivity contribution is 5.86. The number of carbonyl (C=O) groups is 2. The van der Waals surface area contributed by atoms with Gasteiger partial charge in [-0.15, -0.1) is 0 Å². The van der Waals surface area contributed by atoms with Crippen molar-refractivity contribution < 1.29 is 9.59 Å². The van der Waals surface area contributed by atoms with Crippen molar-refractivity contribution in [3.8, 4) is 0 Å². The third kappa shape index (κ3) is 4.49. The summed E-state index contributed by atoms with van der Waals surface area (Å²) in [5.41, 5.74) is 5.46. The number of rotatable bonds is 5. The van der Waals surface area contributed by atoms with Gasteiger partial charge in [0.1, 0.15) is 0 Å². The zero-order chi connectivity index (χ0) is 18.4. The van der Waals surface area contributed by atoms with Crippen LogP contribution in [0.4, 0.5) is 5.95 Å². The van der Waals surface area contributed by atoms with Crippen LogP contribution in [0.1, 0.15) is 38.5 Å². The Bertz CT molecular complexity index is 609. The van der Waals surface area contributed by atoms with Crippen LogP contribution in [0.2, 0.25) is 0 Å². The van der Waals surface area contributed by atoms with E-state index in [0.717, 1.165) is 32.1 Å². The first-order valence-corrected chi connectivity index (χ1v) is 9.45. The average molecular weight is 360 g/mol. The minimum atomic E-state index is -0.747. The van der Waals surface area contributed by atoms with Gasteiger partial charge in [0.05, 0.1) is 5.54 Å². The molecule has 3 N–H and O–H groups in total. The lowest BCUT2D eigenvalue weighted by Gasteiger charge is -2.35. The maximum Gasteiger partial charge on any atom is 0.240 e. The predicted molar refractivity (Wildman–Crippen MR) is 98.5 cm³/mol.